The Hall–Kier alpha value is -1.01. The number of carbonyl (C=O) groups is 2. The first-order valence-corrected chi connectivity index (χ1v) is 6.96. The van der Waals surface area contributed by atoms with Crippen LogP contribution in [0.4, 0.5) is 0 Å². The van der Waals surface area contributed by atoms with Crippen molar-refractivity contribution in [1.82, 2.24) is 0 Å². The van der Waals surface area contributed by atoms with Gasteiger partial charge in [-0.15, -0.1) is 0 Å². The van der Waals surface area contributed by atoms with Crippen LogP contribution in [-0.2, 0) is 23.8 Å². The van der Waals surface area contributed by atoms with Crippen LogP contribution in [-0.4, -0.2) is 42.9 Å². The summed E-state index contributed by atoms with van der Waals surface area (Å²) in [6.45, 7) is 5.84. The van der Waals surface area contributed by atoms with E-state index in [1.807, 2.05) is 0 Å². The number of ether oxygens (including phenoxy) is 3. The molecule has 1 unspecified atom stereocenters. The summed E-state index contributed by atoms with van der Waals surface area (Å²) in [5.74, 6) is 0.852. The molecule has 0 spiro atoms. The number of rotatable bonds is 6. The summed E-state index contributed by atoms with van der Waals surface area (Å²) in [5, 5.41) is 0. The Morgan fingerprint density at radius 2 is 2.28 bits per heavy atom. The minimum Gasteiger partial charge on any atom is -0.462 e. The van der Waals surface area contributed by atoms with E-state index < -0.39 is 12.3 Å². The molecule has 6 heteroatoms. The Bertz CT molecular complexity index is 310. The Balaban J connectivity index is 2.06. The average molecular weight is 274 g/mol. The highest BCUT2D eigenvalue weighted by molar-refractivity contribution is 7.99. The number of hydrogen-bond acceptors (Lipinski definition) is 6. The Morgan fingerprint density at radius 1 is 1.50 bits per heavy atom. The zero-order chi connectivity index (χ0) is 13.4. The van der Waals surface area contributed by atoms with Gasteiger partial charge >= 0.3 is 11.9 Å². The van der Waals surface area contributed by atoms with Gasteiger partial charge in [0.25, 0.3) is 0 Å². The highest BCUT2D eigenvalue weighted by Crippen LogP contribution is 2.14. The molecule has 0 radical (unpaired) electrons. The van der Waals surface area contributed by atoms with Gasteiger partial charge in [-0.05, 0) is 13.3 Å². The van der Waals surface area contributed by atoms with Crippen molar-refractivity contribution in [3.05, 3.63) is 12.2 Å². The minimum absolute atomic E-state index is 0.196. The van der Waals surface area contributed by atoms with E-state index in [1.165, 1.54) is 0 Å². The summed E-state index contributed by atoms with van der Waals surface area (Å²) >= 11 is 1.70. The van der Waals surface area contributed by atoms with E-state index >= 15 is 0 Å². The summed E-state index contributed by atoms with van der Waals surface area (Å²) in [6, 6.07) is 0. The van der Waals surface area contributed by atoms with E-state index in [9.17, 15) is 9.59 Å². The first-order chi connectivity index (χ1) is 8.59. The molecule has 1 fully saturated rings. The first kappa shape index (κ1) is 15.0. The number of esters is 2. The Morgan fingerprint density at radius 3 is 2.89 bits per heavy atom. The lowest BCUT2D eigenvalue weighted by molar-refractivity contribution is -0.174. The average Bonchev–Trinajstić information content (AvgIpc) is 2.35. The van der Waals surface area contributed by atoms with Gasteiger partial charge in [-0.3, -0.25) is 4.79 Å². The molecule has 0 aromatic rings. The lowest BCUT2D eigenvalue weighted by atomic mass is 10.3. The molecule has 1 heterocycles. The fourth-order valence-corrected chi connectivity index (χ4v) is 1.98. The van der Waals surface area contributed by atoms with Gasteiger partial charge in [0.2, 0.25) is 6.29 Å². The van der Waals surface area contributed by atoms with Crippen molar-refractivity contribution in [2.24, 2.45) is 0 Å². The minimum atomic E-state index is -0.436. The van der Waals surface area contributed by atoms with Gasteiger partial charge in [-0.25, -0.2) is 4.79 Å². The molecule has 0 aromatic carbocycles. The van der Waals surface area contributed by atoms with Gasteiger partial charge in [0.1, 0.15) is 0 Å². The lowest BCUT2D eigenvalue weighted by Gasteiger charge is -2.21. The molecule has 102 valence electrons. The molecule has 1 aliphatic rings. The molecular formula is C12H18O5S. The monoisotopic (exact) mass is 274 g/mol. The molecule has 1 rings (SSSR count). The molecule has 1 atom stereocenters. The predicted octanol–water partition coefficient (Wildman–Crippen LogP) is 1.52. The van der Waals surface area contributed by atoms with Crippen molar-refractivity contribution < 1.29 is 23.8 Å². The van der Waals surface area contributed by atoms with E-state index in [0.717, 1.165) is 5.75 Å². The van der Waals surface area contributed by atoms with Gasteiger partial charge in [0.15, 0.2) is 0 Å². The lowest BCUT2D eigenvalue weighted by Crippen LogP contribution is -2.28. The maximum Gasteiger partial charge on any atom is 0.333 e. The third kappa shape index (κ3) is 6.07. The molecule has 0 N–H and O–H groups in total. The smallest absolute Gasteiger partial charge is 0.333 e. The highest BCUT2D eigenvalue weighted by Gasteiger charge is 2.18. The van der Waals surface area contributed by atoms with E-state index in [1.54, 1.807) is 18.7 Å². The van der Waals surface area contributed by atoms with Gasteiger partial charge in [0.05, 0.1) is 19.0 Å². The fraction of sp³-hybridized carbons (Fsp3) is 0.667. The second-order valence-corrected chi connectivity index (χ2v) is 5.03. The van der Waals surface area contributed by atoms with Crippen LogP contribution in [0.25, 0.3) is 0 Å². The van der Waals surface area contributed by atoms with Crippen molar-refractivity contribution in [3.8, 4) is 0 Å². The maximum absolute atomic E-state index is 11.4. The standard InChI is InChI=1S/C12H18O5S/c1-9(2)12(14)16-5-3-4-10(13)17-11-8-18-7-6-15-11/h11H,1,3-8H2,2H3. The summed E-state index contributed by atoms with van der Waals surface area (Å²) in [4.78, 5) is 22.5. The van der Waals surface area contributed by atoms with Crippen molar-refractivity contribution in [2.75, 3.05) is 24.7 Å². The molecule has 18 heavy (non-hydrogen) atoms. The topological polar surface area (TPSA) is 61.8 Å². The van der Waals surface area contributed by atoms with Gasteiger partial charge in [0, 0.05) is 17.7 Å². The van der Waals surface area contributed by atoms with Crippen LogP contribution in [0, 0.1) is 0 Å². The van der Waals surface area contributed by atoms with E-state index in [0.29, 0.717) is 24.4 Å². The first-order valence-electron chi connectivity index (χ1n) is 5.81. The zero-order valence-corrected chi connectivity index (χ0v) is 11.3. The molecule has 5 nitrogen and oxygen atoms in total. The van der Waals surface area contributed by atoms with E-state index in [4.69, 9.17) is 14.2 Å². The quantitative estimate of drug-likeness (QED) is 0.416. The molecule has 0 aliphatic carbocycles. The fourth-order valence-electron chi connectivity index (χ4n) is 1.24. The van der Waals surface area contributed by atoms with Crippen LogP contribution in [0.2, 0.25) is 0 Å². The van der Waals surface area contributed by atoms with Crippen LogP contribution < -0.4 is 0 Å². The largest absolute Gasteiger partial charge is 0.462 e. The Labute approximate surface area is 111 Å². The summed E-state index contributed by atoms with van der Waals surface area (Å²) in [6.07, 6.45) is 0.223. The SMILES string of the molecule is C=C(C)C(=O)OCCCC(=O)OC1CSCCO1. The van der Waals surface area contributed by atoms with Crippen LogP contribution in [0.3, 0.4) is 0 Å². The highest BCUT2D eigenvalue weighted by atomic mass is 32.2. The van der Waals surface area contributed by atoms with Gasteiger partial charge in [-0.2, -0.15) is 11.8 Å². The molecule has 0 bridgehead atoms. The Kier molecular flexibility index (Phi) is 6.82. The van der Waals surface area contributed by atoms with Gasteiger partial charge in [-0.1, -0.05) is 6.58 Å². The van der Waals surface area contributed by atoms with Crippen LogP contribution in [0.1, 0.15) is 19.8 Å². The van der Waals surface area contributed by atoms with E-state index in [2.05, 4.69) is 6.58 Å². The molecule has 0 aromatic heterocycles. The second kappa shape index (κ2) is 8.16. The van der Waals surface area contributed by atoms with Crippen LogP contribution >= 0.6 is 11.8 Å². The van der Waals surface area contributed by atoms with Crippen molar-refractivity contribution >= 4 is 23.7 Å². The molecule has 0 amide bonds. The molecular weight excluding hydrogens is 256 g/mol. The molecule has 0 saturated carbocycles. The maximum atomic E-state index is 11.4. The number of hydrogen-bond donors (Lipinski definition) is 0. The van der Waals surface area contributed by atoms with Crippen LogP contribution in [0.5, 0.6) is 0 Å². The van der Waals surface area contributed by atoms with Crippen LogP contribution in [0.15, 0.2) is 12.2 Å². The molecule has 1 saturated heterocycles. The van der Waals surface area contributed by atoms with Crippen molar-refractivity contribution in [2.45, 2.75) is 26.1 Å². The van der Waals surface area contributed by atoms with Crippen molar-refractivity contribution in [1.29, 1.82) is 0 Å². The normalized spacial score (nSPS) is 19.1. The summed E-state index contributed by atoms with van der Waals surface area (Å²) in [7, 11) is 0. The second-order valence-electron chi connectivity index (χ2n) is 3.88. The van der Waals surface area contributed by atoms with E-state index in [-0.39, 0.29) is 19.0 Å². The third-order valence-corrected chi connectivity index (χ3v) is 3.12. The number of thioether (sulfide) groups is 1. The molecule has 1 aliphatic heterocycles. The third-order valence-electron chi connectivity index (χ3n) is 2.16. The summed E-state index contributed by atoms with van der Waals surface area (Å²) in [5.41, 5.74) is 0.352. The zero-order valence-electron chi connectivity index (χ0n) is 10.5. The number of carbonyl (C=O) groups excluding carboxylic acids is 2. The predicted molar refractivity (Wildman–Crippen MR) is 68.2 cm³/mol. The van der Waals surface area contributed by atoms with Crippen molar-refractivity contribution in [3.63, 3.8) is 0 Å². The summed E-state index contributed by atoms with van der Waals surface area (Å²) < 4.78 is 15.2. The van der Waals surface area contributed by atoms with Gasteiger partial charge < -0.3 is 14.2 Å².